The highest BCUT2D eigenvalue weighted by molar-refractivity contribution is 5.88. The highest BCUT2D eigenvalue weighted by Gasteiger charge is 2.34. The van der Waals surface area contributed by atoms with E-state index in [-0.39, 0.29) is 12.4 Å². The molecule has 0 spiro atoms. The summed E-state index contributed by atoms with van der Waals surface area (Å²) in [5, 5.41) is 5.07. The van der Waals surface area contributed by atoms with E-state index in [0.717, 1.165) is 6.07 Å². The van der Waals surface area contributed by atoms with Crippen LogP contribution in [0, 0.1) is 0 Å². The second-order valence-corrected chi connectivity index (χ2v) is 5.02. The number of carbonyl (C=O) groups excluding carboxylic acids is 1. The number of aromatic nitrogens is 1. The molecule has 0 saturated heterocycles. The minimum atomic E-state index is -4.50. The second-order valence-electron chi connectivity index (χ2n) is 5.02. The van der Waals surface area contributed by atoms with Crippen LogP contribution in [0.3, 0.4) is 0 Å². The fraction of sp³-hybridized carbons (Fsp3) is 0.250. The van der Waals surface area contributed by atoms with Crippen molar-refractivity contribution in [1.82, 2.24) is 10.3 Å². The number of para-hydroxylation sites is 1. The monoisotopic (exact) mass is 339 g/mol. The number of rotatable bonds is 5. The third kappa shape index (κ3) is 5.15. The van der Waals surface area contributed by atoms with Crippen LogP contribution in [0.2, 0.25) is 0 Å². The topological polar surface area (TPSA) is 63.2 Å². The van der Waals surface area contributed by atoms with Crippen LogP contribution in [0.15, 0.2) is 48.7 Å². The number of nitrogens with zero attached hydrogens (tertiary/aromatic N) is 1. The van der Waals surface area contributed by atoms with Gasteiger partial charge in [0, 0.05) is 6.20 Å². The number of hydrogen-bond acceptors (Lipinski definition) is 3. The highest BCUT2D eigenvalue weighted by Crippen LogP contribution is 2.35. The van der Waals surface area contributed by atoms with E-state index >= 15 is 0 Å². The van der Waals surface area contributed by atoms with Crippen LogP contribution >= 0.6 is 0 Å². The Labute approximate surface area is 136 Å². The number of benzene rings is 1. The summed E-state index contributed by atoms with van der Waals surface area (Å²) in [6, 6.07) is 8.93. The SMILES string of the molecule is C[C@@H](COc1ccccc1C(F)(F)F)NC(=O)Nc1ccccn1. The Morgan fingerprint density at radius 1 is 1.21 bits per heavy atom. The summed E-state index contributed by atoms with van der Waals surface area (Å²) in [7, 11) is 0. The van der Waals surface area contributed by atoms with Gasteiger partial charge in [-0.1, -0.05) is 18.2 Å². The summed E-state index contributed by atoms with van der Waals surface area (Å²) >= 11 is 0. The molecule has 0 fully saturated rings. The smallest absolute Gasteiger partial charge is 0.419 e. The van der Waals surface area contributed by atoms with E-state index in [1.807, 2.05) is 0 Å². The van der Waals surface area contributed by atoms with Crippen molar-refractivity contribution in [1.29, 1.82) is 0 Å². The van der Waals surface area contributed by atoms with E-state index in [1.54, 1.807) is 25.1 Å². The molecule has 2 aromatic rings. The van der Waals surface area contributed by atoms with Crippen molar-refractivity contribution < 1.29 is 22.7 Å². The van der Waals surface area contributed by atoms with Crippen LogP contribution in [-0.2, 0) is 6.18 Å². The first-order chi connectivity index (χ1) is 11.4. The van der Waals surface area contributed by atoms with Gasteiger partial charge in [-0.25, -0.2) is 9.78 Å². The van der Waals surface area contributed by atoms with E-state index in [2.05, 4.69) is 15.6 Å². The maximum Gasteiger partial charge on any atom is 0.419 e. The Morgan fingerprint density at radius 2 is 1.92 bits per heavy atom. The first kappa shape index (κ1) is 17.6. The van der Waals surface area contributed by atoms with E-state index in [0.29, 0.717) is 5.82 Å². The van der Waals surface area contributed by atoms with Gasteiger partial charge in [-0.2, -0.15) is 13.2 Å². The zero-order valence-corrected chi connectivity index (χ0v) is 12.8. The molecule has 128 valence electrons. The number of urea groups is 1. The molecule has 1 aromatic carbocycles. The Hall–Kier alpha value is -2.77. The zero-order chi connectivity index (χ0) is 17.6. The van der Waals surface area contributed by atoms with E-state index in [9.17, 15) is 18.0 Å². The molecule has 0 bridgehead atoms. The molecule has 2 N–H and O–H groups in total. The van der Waals surface area contributed by atoms with Crippen molar-refractivity contribution in [2.75, 3.05) is 11.9 Å². The summed E-state index contributed by atoms with van der Waals surface area (Å²) in [5.74, 6) is 0.0920. The van der Waals surface area contributed by atoms with Gasteiger partial charge in [-0.3, -0.25) is 5.32 Å². The minimum Gasteiger partial charge on any atom is -0.491 e. The van der Waals surface area contributed by atoms with Crippen LogP contribution in [0.25, 0.3) is 0 Å². The van der Waals surface area contributed by atoms with Gasteiger partial charge in [0.05, 0.1) is 11.6 Å². The average Bonchev–Trinajstić information content (AvgIpc) is 2.53. The summed E-state index contributed by atoms with van der Waals surface area (Å²) in [6.07, 6.45) is -2.97. The van der Waals surface area contributed by atoms with E-state index in [1.165, 1.54) is 24.4 Å². The standard InChI is InChI=1S/C16H16F3N3O2/c1-11(21-15(23)22-14-8-4-5-9-20-14)10-24-13-7-3-2-6-12(13)16(17,18)19/h2-9,11H,10H2,1H3,(H2,20,21,22,23)/t11-/m0/s1. The lowest BCUT2D eigenvalue weighted by molar-refractivity contribution is -0.139. The lowest BCUT2D eigenvalue weighted by Crippen LogP contribution is -2.39. The Kier molecular flexibility index (Phi) is 5.62. The van der Waals surface area contributed by atoms with Crippen LogP contribution < -0.4 is 15.4 Å². The fourth-order valence-corrected chi connectivity index (χ4v) is 1.90. The Morgan fingerprint density at radius 3 is 2.58 bits per heavy atom. The van der Waals surface area contributed by atoms with Gasteiger partial charge < -0.3 is 10.1 Å². The molecule has 0 saturated carbocycles. The van der Waals surface area contributed by atoms with Crippen LogP contribution in [0.4, 0.5) is 23.8 Å². The number of alkyl halides is 3. The largest absolute Gasteiger partial charge is 0.491 e. The first-order valence-corrected chi connectivity index (χ1v) is 7.14. The molecule has 0 unspecified atom stereocenters. The number of hydrogen-bond donors (Lipinski definition) is 2. The molecule has 2 rings (SSSR count). The highest BCUT2D eigenvalue weighted by atomic mass is 19.4. The number of anilines is 1. The molecule has 1 heterocycles. The molecule has 0 aliphatic heterocycles. The molecular formula is C16H16F3N3O2. The van der Waals surface area contributed by atoms with Gasteiger partial charge in [-0.05, 0) is 31.2 Å². The van der Waals surface area contributed by atoms with Crippen molar-refractivity contribution in [2.24, 2.45) is 0 Å². The van der Waals surface area contributed by atoms with Crippen LogP contribution in [-0.4, -0.2) is 23.7 Å². The summed E-state index contributed by atoms with van der Waals surface area (Å²) in [5.41, 5.74) is -0.852. The third-order valence-corrected chi connectivity index (χ3v) is 2.97. The third-order valence-electron chi connectivity index (χ3n) is 2.97. The number of amides is 2. The summed E-state index contributed by atoms with van der Waals surface area (Å²) in [6.45, 7) is 1.51. The molecule has 24 heavy (non-hydrogen) atoms. The minimum absolute atomic E-state index is 0.108. The van der Waals surface area contributed by atoms with Gasteiger partial charge >= 0.3 is 12.2 Å². The molecule has 2 amide bonds. The maximum absolute atomic E-state index is 12.9. The maximum atomic E-state index is 12.9. The molecular weight excluding hydrogens is 323 g/mol. The number of nitrogens with one attached hydrogen (secondary N) is 2. The van der Waals surface area contributed by atoms with Gasteiger partial charge in [0.15, 0.2) is 0 Å². The molecule has 5 nitrogen and oxygen atoms in total. The van der Waals surface area contributed by atoms with Crippen LogP contribution in [0.1, 0.15) is 12.5 Å². The van der Waals surface area contributed by atoms with E-state index in [4.69, 9.17) is 4.74 Å². The van der Waals surface area contributed by atoms with Gasteiger partial charge in [-0.15, -0.1) is 0 Å². The van der Waals surface area contributed by atoms with Crippen molar-refractivity contribution in [3.63, 3.8) is 0 Å². The van der Waals surface area contributed by atoms with E-state index < -0.39 is 23.8 Å². The van der Waals surface area contributed by atoms with Crippen molar-refractivity contribution in [3.05, 3.63) is 54.2 Å². The number of ether oxygens (including phenoxy) is 1. The Bertz CT molecular complexity index is 678. The first-order valence-electron chi connectivity index (χ1n) is 7.14. The van der Waals surface area contributed by atoms with Gasteiger partial charge in [0.1, 0.15) is 18.2 Å². The van der Waals surface area contributed by atoms with Gasteiger partial charge in [0.25, 0.3) is 0 Å². The molecule has 8 heteroatoms. The number of carbonyl (C=O) groups is 1. The molecule has 1 atom stereocenters. The molecule has 0 aliphatic carbocycles. The lowest BCUT2D eigenvalue weighted by Gasteiger charge is -2.18. The number of halogens is 3. The zero-order valence-electron chi connectivity index (χ0n) is 12.8. The quantitative estimate of drug-likeness (QED) is 0.873. The fourth-order valence-electron chi connectivity index (χ4n) is 1.90. The predicted octanol–water partition coefficient (Wildman–Crippen LogP) is 3.69. The van der Waals surface area contributed by atoms with Crippen molar-refractivity contribution in [2.45, 2.75) is 19.1 Å². The number of pyridine rings is 1. The van der Waals surface area contributed by atoms with Crippen LogP contribution in [0.5, 0.6) is 5.75 Å². The second kappa shape index (κ2) is 7.67. The average molecular weight is 339 g/mol. The molecule has 0 aliphatic rings. The lowest BCUT2D eigenvalue weighted by atomic mass is 10.2. The van der Waals surface area contributed by atoms with Crippen molar-refractivity contribution in [3.8, 4) is 5.75 Å². The molecule has 0 radical (unpaired) electrons. The summed E-state index contributed by atoms with van der Waals surface area (Å²) < 4.78 is 43.8. The summed E-state index contributed by atoms with van der Waals surface area (Å²) in [4.78, 5) is 15.7. The molecule has 1 aromatic heterocycles. The Balaban J connectivity index is 1.87. The van der Waals surface area contributed by atoms with Crippen molar-refractivity contribution >= 4 is 11.8 Å². The predicted molar refractivity (Wildman–Crippen MR) is 82.8 cm³/mol. The van der Waals surface area contributed by atoms with Gasteiger partial charge in [0.2, 0.25) is 0 Å². The normalized spacial score (nSPS) is 12.3.